The summed E-state index contributed by atoms with van der Waals surface area (Å²) >= 11 is 0. The molecule has 2 heterocycles. The highest BCUT2D eigenvalue weighted by molar-refractivity contribution is 6.62. The van der Waals surface area contributed by atoms with E-state index in [1.807, 2.05) is 52.0 Å². The molecule has 1 aromatic heterocycles. The third-order valence-corrected chi connectivity index (χ3v) is 4.58. The molecule has 3 rings (SSSR count). The lowest BCUT2D eigenvalue weighted by atomic mass is 9.79. The van der Waals surface area contributed by atoms with Crippen molar-refractivity contribution in [1.82, 2.24) is 9.55 Å². The van der Waals surface area contributed by atoms with Crippen molar-refractivity contribution in [2.75, 3.05) is 5.32 Å². The molecule has 24 heavy (non-hydrogen) atoms. The molecule has 7 heteroatoms. The van der Waals surface area contributed by atoms with Crippen molar-refractivity contribution in [2.45, 2.75) is 45.4 Å². The molecular weight excluding hydrogens is 305 g/mol. The van der Waals surface area contributed by atoms with Crippen LogP contribution in [0.5, 0.6) is 0 Å². The van der Waals surface area contributed by atoms with Gasteiger partial charge in [0.05, 0.1) is 17.5 Å². The predicted octanol–water partition coefficient (Wildman–Crippen LogP) is 1.82. The van der Waals surface area contributed by atoms with E-state index in [0.29, 0.717) is 5.69 Å². The van der Waals surface area contributed by atoms with Crippen LogP contribution in [-0.2, 0) is 20.6 Å². The van der Waals surface area contributed by atoms with E-state index >= 15 is 0 Å². The molecule has 0 spiro atoms. The van der Waals surface area contributed by atoms with Crippen LogP contribution in [0.2, 0.25) is 0 Å². The van der Waals surface area contributed by atoms with Crippen molar-refractivity contribution >= 4 is 24.2 Å². The van der Waals surface area contributed by atoms with Gasteiger partial charge in [-0.2, -0.15) is 0 Å². The molecule has 126 valence electrons. The summed E-state index contributed by atoms with van der Waals surface area (Å²) < 4.78 is 13.8. The van der Waals surface area contributed by atoms with E-state index in [-0.39, 0.29) is 12.5 Å². The molecule has 1 N–H and O–H groups in total. The average Bonchev–Trinajstić information content (AvgIpc) is 3.05. The van der Waals surface area contributed by atoms with Crippen LogP contribution in [0.4, 0.5) is 5.69 Å². The number of carbonyl (C=O) groups is 1. The second-order valence-electron chi connectivity index (χ2n) is 7.00. The van der Waals surface area contributed by atoms with Gasteiger partial charge in [0.1, 0.15) is 6.54 Å². The maximum Gasteiger partial charge on any atom is 0.494 e. The lowest BCUT2D eigenvalue weighted by molar-refractivity contribution is -0.116. The van der Waals surface area contributed by atoms with Crippen LogP contribution < -0.4 is 10.8 Å². The van der Waals surface area contributed by atoms with Crippen LogP contribution in [0.3, 0.4) is 0 Å². The molecule has 1 saturated heterocycles. The molecule has 0 aliphatic carbocycles. The van der Waals surface area contributed by atoms with Crippen LogP contribution in [-0.4, -0.2) is 33.8 Å². The van der Waals surface area contributed by atoms with Gasteiger partial charge in [-0.15, -0.1) is 0 Å². The minimum absolute atomic E-state index is 0.112. The number of nitrogens with zero attached hydrogens (tertiary/aromatic N) is 2. The van der Waals surface area contributed by atoms with Crippen molar-refractivity contribution in [3.63, 3.8) is 0 Å². The first-order valence-electron chi connectivity index (χ1n) is 7.98. The van der Waals surface area contributed by atoms with Crippen molar-refractivity contribution < 1.29 is 14.1 Å². The zero-order valence-electron chi connectivity index (χ0n) is 14.4. The van der Waals surface area contributed by atoms with Gasteiger partial charge in [0, 0.05) is 18.1 Å². The number of carbonyl (C=O) groups excluding carboxylic acids is 1. The summed E-state index contributed by atoms with van der Waals surface area (Å²) in [5.74, 6) is -0.112. The van der Waals surface area contributed by atoms with Crippen molar-refractivity contribution in [1.29, 1.82) is 0 Å². The molecule has 0 bridgehead atoms. The van der Waals surface area contributed by atoms with Gasteiger partial charge in [-0.3, -0.25) is 4.79 Å². The van der Waals surface area contributed by atoms with E-state index < -0.39 is 18.3 Å². The van der Waals surface area contributed by atoms with Gasteiger partial charge in [0.2, 0.25) is 5.91 Å². The van der Waals surface area contributed by atoms with Gasteiger partial charge in [-0.05, 0) is 45.3 Å². The molecule has 2 aromatic rings. The topological polar surface area (TPSA) is 65.4 Å². The van der Waals surface area contributed by atoms with Crippen LogP contribution in [0, 0.1) is 0 Å². The van der Waals surface area contributed by atoms with E-state index in [4.69, 9.17) is 9.31 Å². The predicted molar refractivity (Wildman–Crippen MR) is 93.0 cm³/mol. The summed E-state index contributed by atoms with van der Waals surface area (Å²) in [5, 5.41) is 2.89. The summed E-state index contributed by atoms with van der Waals surface area (Å²) in [5.41, 5.74) is 0.817. The zero-order chi connectivity index (χ0) is 17.4. The van der Waals surface area contributed by atoms with Gasteiger partial charge in [-0.25, -0.2) is 4.98 Å². The van der Waals surface area contributed by atoms with Crippen LogP contribution in [0.25, 0.3) is 0 Å². The van der Waals surface area contributed by atoms with Crippen molar-refractivity contribution in [2.24, 2.45) is 0 Å². The Labute approximate surface area is 142 Å². The lowest BCUT2D eigenvalue weighted by Gasteiger charge is -2.32. The number of imidazole rings is 1. The van der Waals surface area contributed by atoms with E-state index in [2.05, 4.69) is 10.3 Å². The molecule has 0 saturated carbocycles. The third kappa shape index (κ3) is 3.37. The fourth-order valence-electron chi connectivity index (χ4n) is 2.49. The fourth-order valence-corrected chi connectivity index (χ4v) is 2.49. The normalized spacial score (nSPS) is 18.6. The summed E-state index contributed by atoms with van der Waals surface area (Å²) in [7, 11) is -0.444. The van der Waals surface area contributed by atoms with Gasteiger partial charge < -0.3 is 19.2 Å². The molecule has 1 aromatic carbocycles. The quantitative estimate of drug-likeness (QED) is 0.870. The van der Waals surface area contributed by atoms with Crippen molar-refractivity contribution in [3.05, 3.63) is 43.0 Å². The number of amides is 1. The first-order chi connectivity index (χ1) is 11.3. The number of aromatic nitrogens is 2. The second-order valence-corrected chi connectivity index (χ2v) is 7.00. The Bertz CT molecular complexity index is 712. The number of hydrogen-bond donors (Lipinski definition) is 1. The van der Waals surface area contributed by atoms with E-state index in [1.54, 1.807) is 23.3 Å². The zero-order valence-corrected chi connectivity index (χ0v) is 14.4. The number of rotatable bonds is 4. The molecule has 0 atom stereocenters. The van der Waals surface area contributed by atoms with Gasteiger partial charge in [0.15, 0.2) is 0 Å². The first-order valence-corrected chi connectivity index (χ1v) is 7.98. The Morgan fingerprint density at radius 3 is 2.58 bits per heavy atom. The summed E-state index contributed by atoms with van der Waals surface area (Å²) in [6.07, 6.45) is 5.01. The number of nitrogens with one attached hydrogen (secondary N) is 1. The molecule has 1 aliphatic rings. The smallest absolute Gasteiger partial charge is 0.399 e. The van der Waals surface area contributed by atoms with Gasteiger partial charge >= 0.3 is 7.12 Å². The molecular formula is C17H22BN3O3. The highest BCUT2D eigenvalue weighted by atomic mass is 16.7. The minimum atomic E-state index is -0.444. The molecule has 0 unspecified atom stereocenters. The van der Waals surface area contributed by atoms with E-state index in [9.17, 15) is 4.79 Å². The fraction of sp³-hybridized carbons (Fsp3) is 0.412. The van der Waals surface area contributed by atoms with E-state index in [0.717, 1.165) is 5.46 Å². The van der Waals surface area contributed by atoms with Crippen LogP contribution in [0.15, 0.2) is 43.0 Å². The molecule has 1 amide bonds. The lowest BCUT2D eigenvalue weighted by Crippen LogP contribution is -2.41. The standard InChI is InChI=1S/C17H22BN3O3/c1-16(2)17(3,4)24-18(23-16)13-6-5-7-14(10-13)20-15(22)11-21-9-8-19-12-21/h5-10,12H,11H2,1-4H3,(H,20,22). The van der Waals surface area contributed by atoms with Gasteiger partial charge in [0.25, 0.3) is 0 Å². The maximum absolute atomic E-state index is 12.1. The van der Waals surface area contributed by atoms with Crippen LogP contribution in [0.1, 0.15) is 27.7 Å². The van der Waals surface area contributed by atoms with Crippen molar-refractivity contribution in [3.8, 4) is 0 Å². The Balaban J connectivity index is 1.70. The maximum atomic E-state index is 12.1. The molecule has 1 aliphatic heterocycles. The summed E-state index contributed by atoms with van der Waals surface area (Å²) in [6, 6.07) is 7.55. The molecule has 6 nitrogen and oxygen atoms in total. The van der Waals surface area contributed by atoms with Gasteiger partial charge in [-0.1, -0.05) is 12.1 Å². The highest BCUT2D eigenvalue weighted by Gasteiger charge is 2.51. The third-order valence-electron chi connectivity index (χ3n) is 4.58. The molecule has 0 radical (unpaired) electrons. The Morgan fingerprint density at radius 1 is 1.25 bits per heavy atom. The Morgan fingerprint density at radius 2 is 1.96 bits per heavy atom. The number of hydrogen-bond acceptors (Lipinski definition) is 4. The Hall–Kier alpha value is -2.12. The van der Waals surface area contributed by atoms with E-state index in [1.165, 1.54) is 0 Å². The summed E-state index contributed by atoms with van der Waals surface area (Å²) in [4.78, 5) is 16.0. The average molecular weight is 327 g/mol. The highest BCUT2D eigenvalue weighted by Crippen LogP contribution is 2.36. The second kappa shape index (κ2) is 6.07. The number of benzene rings is 1. The molecule has 1 fully saturated rings. The first kappa shape index (κ1) is 16.7. The minimum Gasteiger partial charge on any atom is -0.399 e. The SMILES string of the molecule is CC1(C)OB(c2cccc(NC(=O)Cn3ccnc3)c2)OC1(C)C. The largest absolute Gasteiger partial charge is 0.494 e. The number of anilines is 1. The monoisotopic (exact) mass is 327 g/mol. The Kier molecular flexibility index (Phi) is 4.23. The van der Waals surface area contributed by atoms with Crippen LogP contribution >= 0.6 is 0 Å². The summed E-state index contributed by atoms with van der Waals surface area (Å²) in [6.45, 7) is 8.29.